The van der Waals surface area contributed by atoms with Gasteiger partial charge in [0.05, 0.1) is 0 Å². The van der Waals surface area contributed by atoms with Crippen molar-refractivity contribution in [1.29, 1.82) is 0 Å². The van der Waals surface area contributed by atoms with Crippen molar-refractivity contribution in [2.75, 3.05) is 12.8 Å². The van der Waals surface area contributed by atoms with Crippen molar-refractivity contribution >= 4 is 45.7 Å². The summed E-state index contributed by atoms with van der Waals surface area (Å²) in [5.74, 6) is -0.295. The van der Waals surface area contributed by atoms with Gasteiger partial charge < -0.3 is 15.4 Å². The Hall–Kier alpha value is -2.07. The van der Waals surface area contributed by atoms with Gasteiger partial charge in [-0.3, -0.25) is 9.59 Å². The maximum atomic E-state index is 11.3. The number of hydrogen-bond acceptors (Lipinski definition) is 8. The maximum absolute atomic E-state index is 11.3. The molecular weight excluding hydrogens is 414 g/mol. The molecule has 0 fully saturated rings. The number of rotatable bonds is 12. The van der Waals surface area contributed by atoms with Gasteiger partial charge >= 0.3 is 5.97 Å². The smallest absolute Gasteiger partial charge is 0.332 e. The second-order valence-corrected chi connectivity index (χ2v) is 8.24. The molecule has 1 rings (SSSR count). The molecule has 29 heavy (non-hydrogen) atoms. The fourth-order valence-corrected chi connectivity index (χ4v) is 3.63. The summed E-state index contributed by atoms with van der Waals surface area (Å²) in [5.41, 5.74) is 4.99. The van der Waals surface area contributed by atoms with Crippen LogP contribution in [0.5, 0.6) is 0 Å². The normalized spacial score (nSPS) is 9.72. The monoisotopic (exact) mass is 443 g/mol. The summed E-state index contributed by atoms with van der Waals surface area (Å²) in [6.45, 7) is 2.04. The summed E-state index contributed by atoms with van der Waals surface area (Å²) < 4.78 is 0. The first kappa shape index (κ1) is 26.9. The highest BCUT2D eigenvalue weighted by atomic mass is 33.1. The molecule has 0 aromatic carbocycles. The second kappa shape index (κ2) is 18.0. The summed E-state index contributed by atoms with van der Waals surface area (Å²) >= 11 is 0. The molecule has 10 heteroatoms. The summed E-state index contributed by atoms with van der Waals surface area (Å²) in [4.78, 5) is 51.8. The van der Waals surface area contributed by atoms with E-state index in [1.165, 1.54) is 7.05 Å². The fraction of sp³-hybridized carbons (Fsp3) is 0.526. The van der Waals surface area contributed by atoms with Crippen molar-refractivity contribution in [2.24, 2.45) is 5.73 Å². The predicted molar refractivity (Wildman–Crippen MR) is 115 cm³/mol. The SMILES string of the molecule is CCCCCC(=O)ON(C)C(=O)CCC=O.NC(=O)CCSSc1ccccn1. The zero-order valence-corrected chi connectivity index (χ0v) is 18.5. The van der Waals surface area contributed by atoms with E-state index in [1.54, 1.807) is 27.8 Å². The van der Waals surface area contributed by atoms with Gasteiger partial charge in [0.15, 0.2) is 0 Å². The lowest BCUT2D eigenvalue weighted by molar-refractivity contribution is -0.192. The van der Waals surface area contributed by atoms with Gasteiger partial charge in [0, 0.05) is 44.7 Å². The van der Waals surface area contributed by atoms with E-state index in [9.17, 15) is 19.2 Å². The number of aldehydes is 1. The van der Waals surface area contributed by atoms with E-state index < -0.39 is 5.97 Å². The number of pyridine rings is 1. The number of aromatic nitrogens is 1. The van der Waals surface area contributed by atoms with Crippen LogP contribution < -0.4 is 5.73 Å². The van der Waals surface area contributed by atoms with Crippen LogP contribution in [0.3, 0.4) is 0 Å². The predicted octanol–water partition coefficient (Wildman–Crippen LogP) is 3.16. The van der Waals surface area contributed by atoms with E-state index in [0.717, 1.165) is 35.1 Å². The minimum Gasteiger partial charge on any atom is -0.370 e. The molecule has 2 N–H and O–H groups in total. The summed E-state index contributed by atoms with van der Waals surface area (Å²) in [7, 11) is 4.53. The number of carbonyl (C=O) groups is 4. The largest absolute Gasteiger partial charge is 0.370 e. The van der Waals surface area contributed by atoms with Gasteiger partial charge in [-0.05, 0) is 29.3 Å². The van der Waals surface area contributed by atoms with Crippen molar-refractivity contribution in [1.82, 2.24) is 10.0 Å². The molecule has 0 unspecified atom stereocenters. The molecule has 0 spiro atoms. The van der Waals surface area contributed by atoms with E-state index in [2.05, 4.69) is 4.98 Å². The first-order valence-electron chi connectivity index (χ1n) is 9.30. The highest BCUT2D eigenvalue weighted by molar-refractivity contribution is 8.76. The quantitative estimate of drug-likeness (QED) is 0.226. The van der Waals surface area contributed by atoms with Crippen molar-refractivity contribution in [2.45, 2.75) is 56.9 Å². The second-order valence-electron chi connectivity index (χ2n) is 5.81. The lowest BCUT2D eigenvalue weighted by Crippen LogP contribution is -2.29. The average molecular weight is 444 g/mol. The lowest BCUT2D eigenvalue weighted by Gasteiger charge is -2.15. The highest BCUT2D eigenvalue weighted by Gasteiger charge is 2.13. The van der Waals surface area contributed by atoms with Gasteiger partial charge in [-0.25, -0.2) is 9.78 Å². The first-order chi connectivity index (χ1) is 13.9. The molecule has 0 aliphatic carbocycles. The molecule has 0 saturated heterocycles. The van der Waals surface area contributed by atoms with Crippen LogP contribution in [-0.2, 0) is 24.0 Å². The Morgan fingerprint density at radius 2 is 1.97 bits per heavy atom. The molecule has 0 aliphatic rings. The molecule has 2 amide bonds. The first-order valence-corrected chi connectivity index (χ1v) is 11.6. The van der Waals surface area contributed by atoms with Crippen LogP contribution in [0.1, 0.15) is 51.9 Å². The van der Waals surface area contributed by atoms with Gasteiger partial charge in [0.1, 0.15) is 11.3 Å². The lowest BCUT2D eigenvalue weighted by atomic mass is 10.2. The van der Waals surface area contributed by atoms with E-state index in [1.807, 2.05) is 25.1 Å². The van der Waals surface area contributed by atoms with Gasteiger partial charge in [-0.1, -0.05) is 36.6 Å². The Labute approximate surface area is 179 Å². The highest BCUT2D eigenvalue weighted by Crippen LogP contribution is 2.29. The number of nitrogens with zero attached hydrogens (tertiary/aromatic N) is 2. The van der Waals surface area contributed by atoms with Crippen molar-refractivity contribution in [3.05, 3.63) is 24.4 Å². The molecule has 162 valence electrons. The fourth-order valence-electron chi connectivity index (χ4n) is 1.75. The molecule has 0 atom stereocenters. The molecular formula is C19H29N3O5S2. The van der Waals surface area contributed by atoms with E-state index >= 15 is 0 Å². The topological polar surface area (TPSA) is 120 Å². The Bertz CT molecular complexity index is 617. The number of hydroxylamine groups is 2. The number of primary amides is 1. The van der Waals surface area contributed by atoms with E-state index in [-0.39, 0.29) is 24.7 Å². The molecule has 0 radical (unpaired) electrons. The molecule has 0 bridgehead atoms. The third-order valence-electron chi connectivity index (χ3n) is 3.26. The standard InChI is InChI=1S/C11H19NO4.C8H10N2OS2/c1-3-4-5-8-11(15)16-12(2)10(14)7-6-9-13;9-7(11)4-6-12-13-8-3-1-2-5-10-8/h9H,3-8H2,1-2H3;1-3,5H,4,6H2,(H2,9,11). The Kier molecular flexibility index (Phi) is 16.7. The Morgan fingerprint density at radius 1 is 1.21 bits per heavy atom. The Morgan fingerprint density at radius 3 is 2.55 bits per heavy atom. The third kappa shape index (κ3) is 16.6. The summed E-state index contributed by atoms with van der Waals surface area (Å²) in [6.07, 6.45) is 6.14. The minimum atomic E-state index is -0.407. The molecule has 0 aliphatic heterocycles. The average Bonchev–Trinajstić information content (AvgIpc) is 2.70. The maximum Gasteiger partial charge on any atom is 0.332 e. The third-order valence-corrected chi connectivity index (χ3v) is 5.53. The number of carbonyl (C=O) groups excluding carboxylic acids is 4. The number of nitrogens with two attached hydrogens (primary N) is 1. The van der Waals surface area contributed by atoms with E-state index in [0.29, 0.717) is 19.1 Å². The van der Waals surface area contributed by atoms with Gasteiger partial charge in [-0.15, -0.1) is 0 Å². The van der Waals surface area contributed by atoms with Crippen LogP contribution in [-0.4, -0.2) is 46.9 Å². The summed E-state index contributed by atoms with van der Waals surface area (Å²) in [5, 5.41) is 1.86. The van der Waals surface area contributed by atoms with Crippen LogP contribution >= 0.6 is 21.6 Å². The van der Waals surface area contributed by atoms with Gasteiger partial charge in [-0.2, -0.15) is 5.06 Å². The van der Waals surface area contributed by atoms with Crippen LogP contribution in [0.25, 0.3) is 0 Å². The zero-order chi connectivity index (χ0) is 21.9. The van der Waals surface area contributed by atoms with E-state index in [4.69, 9.17) is 10.6 Å². The van der Waals surface area contributed by atoms with Crippen LogP contribution in [0, 0.1) is 0 Å². The van der Waals surface area contributed by atoms with Gasteiger partial charge in [0.2, 0.25) is 5.91 Å². The number of amides is 2. The molecule has 8 nitrogen and oxygen atoms in total. The van der Waals surface area contributed by atoms with Crippen LogP contribution in [0.2, 0.25) is 0 Å². The summed E-state index contributed by atoms with van der Waals surface area (Å²) in [6, 6.07) is 5.74. The van der Waals surface area contributed by atoms with Crippen molar-refractivity contribution in [3.63, 3.8) is 0 Å². The van der Waals surface area contributed by atoms with Crippen molar-refractivity contribution in [3.8, 4) is 0 Å². The van der Waals surface area contributed by atoms with Gasteiger partial charge in [0.25, 0.3) is 5.91 Å². The minimum absolute atomic E-state index is 0.0717. The van der Waals surface area contributed by atoms with Crippen LogP contribution in [0.4, 0.5) is 0 Å². The number of unbranched alkanes of at least 4 members (excludes halogenated alkanes) is 2. The zero-order valence-electron chi connectivity index (χ0n) is 16.9. The Balaban J connectivity index is 0.000000551. The number of hydrogen-bond donors (Lipinski definition) is 1. The molecule has 1 aromatic rings. The van der Waals surface area contributed by atoms with Crippen molar-refractivity contribution < 1.29 is 24.0 Å². The molecule has 1 aromatic heterocycles. The van der Waals surface area contributed by atoms with Crippen LogP contribution in [0.15, 0.2) is 29.4 Å². The molecule has 0 saturated carbocycles. The molecule has 1 heterocycles.